The number of benzene rings is 1. The minimum absolute atomic E-state index is 0.0376. The molecule has 0 fully saturated rings. The summed E-state index contributed by atoms with van der Waals surface area (Å²) in [4.78, 5) is 7.49. The van der Waals surface area contributed by atoms with Crippen LogP contribution in [0.3, 0.4) is 0 Å². The maximum absolute atomic E-state index is 6.04. The van der Waals surface area contributed by atoms with Gasteiger partial charge < -0.3 is 9.15 Å². The number of oxazole rings is 1. The Balaban J connectivity index is 1.53. The molecule has 0 aliphatic rings. The monoisotopic (exact) mass is 434 g/mol. The second-order valence-electron chi connectivity index (χ2n) is 8.35. The molecule has 4 nitrogen and oxygen atoms in total. The average molecular weight is 435 g/mol. The topological polar surface area (TPSA) is 38.5 Å². The number of aromatic nitrogens is 1. The molecule has 2 heterocycles. The van der Waals surface area contributed by atoms with Gasteiger partial charge in [-0.2, -0.15) is 0 Å². The van der Waals surface area contributed by atoms with Crippen molar-refractivity contribution in [3.8, 4) is 28.9 Å². The van der Waals surface area contributed by atoms with E-state index >= 15 is 0 Å². The van der Waals surface area contributed by atoms with E-state index in [1.807, 2.05) is 12.1 Å². The first-order chi connectivity index (χ1) is 14.9. The molecule has 0 aliphatic carbocycles. The second kappa shape index (κ2) is 11.0. The predicted molar refractivity (Wildman–Crippen MR) is 128 cm³/mol. The zero-order valence-electron chi connectivity index (χ0n) is 18.7. The SMILES string of the molecule is CCN(C/C=C/C#CC(C)(C)C)Cc1cccc(OCc2cc(-c3cnco3)cs2)c1. The Morgan fingerprint density at radius 2 is 2.13 bits per heavy atom. The van der Waals surface area contributed by atoms with Crippen molar-refractivity contribution >= 4 is 11.3 Å². The number of allylic oxidation sites excluding steroid dienone is 1. The zero-order chi connectivity index (χ0) is 22.1. The number of nitrogens with zero attached hydrogens (tertiary/aromatic N) is 2. The van der Waals surface area contributed by atoms with E-state index in [1.165, 1.54) is 12.0 Å². The molecule has 0 amide bonds. The van der Waals surface area contributed by atoms with E-state index in [4.69, 9.17) is 9.15 Å². The lowest BCUT2D eigenvalue weighted by Crippen LogP contribution is -2.22. The molecule has 1 aromatic carbocycles. The second-order valence-corrected chi connectivity index (χ2v) is 9.35. The van der Waals surface area contributed by atoms with Gasteiger partial charge in [-0.05, 0) is 57.2 Å². The molecule has 3 aromatic rings. The molecule has 31 heavy (non-hydrogen) atoms. The van der Waals surface area contributed by atoms with Crippen molar-refractivity contribution in [1.82, 2.24) is 9.88 Å². The van der Waals surface area contributed by atoms with E-state index in [1.54, 1.807) is 17.5 Å². The number of rotatable bonds is 9. The van der Waals surface area contributed by atoms with Gasteiger partial charge in [0.15, 0.2) is 12.2 Å². The van der Waals surface area contributed by atoms with Crippen LogP contribution in [0.5, 0.6) is 5.75 Å². The molecule has 3 rings (SSSR count). The van der Waals surface area contributed by atoms with Gasteiger partial charge in [-0.15, -0.1) is 11.3 Å². The Hall–Kier alpha value is -2.81. The lowest BCUT2D eigenvalue weighted by atomic mass is 9.98. The van der Waals surface area contributed by atoms with Crippen LogP contribution in [0, 0.1) is 17.3 Å². The molecule has 0 bridgehead atoms. The normalized spacial score (nSPS) is 11.6. The summed E-state index contributed by atoms with van der Waals surface area (Å²) in [7, 11) is 0. The predicted octanol–water partition coefficient (Wildman–Crippen LogP) is 6.41. The van der Waals surface area contributed by atoms with Crippen LogP contribution in [-0.2, 0) is 13.2 Å². The van der Waals surface area contributed by atoms with E-state index in [9.17, 15) is 0 Å². The molecule has 0 radical (unpaired) electrons. The van der Waals surface area contributed by atoms with Crippen LogP contribution in [0.4, 0.5) is 0 Å². The third kappa shape index (κ3) is 7.75. The van der Waals surface area contributed by atoms with Crippen LogP contribution in [0.1, 0.15) is 38.1 Å². The Bertz CT molecular complexity index is 1030. The van der Waals surface area contributed by atoms with Gasteiger partial charge in [0.25, 0.3) is 0 Å². The number of hydrogen-bond donors (Lipinski definition) is 0. The fourth-order valence-corrected chi connectivity index (χ4v) is 3.70. The van der Waals surface area contributed by atoms with Crippen molar-refractivity contribution in [2.75, 3.05) is 13.1 Å². The first kappa shape index (κ1) is 22.9. The third-order valence-electron chi connectivity index (χ3n) is 4.52. The van der Waals surface area contributed by atoms with Gasteiger partial charge in [-0.3, -0.25) is 4.90 Å². The van der Waals surface area contributed by atoms with Gasteiger partial charge in [0.2, 0.25) is 0 Å². The summed E-state index contributed by atoms with van der Waals surface area (Å²) in [6.45, 7) is 11.8. The molecule has 2 aromatic heterocycles. The summed E-state index contributed by atoms with van der Waals surface area (Å²) in [5, 5.41) is 2.06. The van der Waals surface area contributed by atoms with E-state index in [-0.39, 0.29) is 5.41 Å². The van der Waals surface area contributed by atoms with Crippen LogP contribution in [0.25, 0.3) is 11.3 Å². The van der Waals surface area contributed by atoms with Crippen molar-refractivity contribution in [2.24, 2.45) is 5.41 Å². The van der Waals surface area contributed by atoms with Crippen LogP contribution < -0.4 is 4.74 Å². The number of likely N-dealkylation sites (N-methyl/N-ethyl adjacent to an activating group) is 1. The standard InChI is InChI=1S/C26H30N2O2S/c1-5-28(13-8-6-7-12-26(2,3)4)17-21-10-9-11-23(14-21)29-18-24-15-22(19-31-24)25-16-27-20-30-25/h6,8-11,14-16,19-20H,5,13,17-18H2,1-4H3/b8-6+. The maximum Gasteiger partial charge on any atom is 0.181 e. The molecule has 0 N–H and O–H groups in total. The summed E-state index contributed by atoms with van der Waals surface area (Å²) in [6.07, 6.45) is 7.26. The third-order valence-corrected chi connectivity index (χ3v) is 5.43. The van der Waals surface area contributed by atoms with E-state index in [2.05, 4.69) is 85.1 Å². The van der Waals surface area contributed by atoms with Crippen molar-refractivity contribution in [1.29, 1.82) is 0 Å². The largest absolute Gasteiger partial charge is 0.488 e. The van der Waals surface area contributed by atoms with Crippen molar-refractivity contribution in [2.45, 2.75) is 40.8 Å². The molecule has 0 spiro atoms. The number of thiophene rings is 1. The van der Waals surface area contributed by atoms with Gasteiger partial charge >= 0.3 is 0 Å². The highest BCUT2D eigenvalue weighted by molar-refractivity contribution is 7.10. The van der Waals surface area contributed by atoms with Gasteiger partial charge in [0, 0.05) is 34.3 Å². The number of ether oxygens (including phenoxy) is 1. The maximum atomic E-state index is 6.04. The lowest BCUT2D eigenvalue weighted by molar-refractivity contribution is 0.301. The lowest BCUT2D eigenvalue weighted by Gasteiger charge is -2.18. The molecule has 5 heteroatoms. The minimum atomic E-state index is 0.0376. The first-order valence-corrected chi connectivity index (χ1v) is 11.4. The van der Waals surface area contributed by atoms with Crippen LogP contribution in [-0.4, -0.2) is 23.0 Å². The van der Waals surface area contributed by atoms with Crippen LogP contribution >= 0.6 is 11.3 Å². The summed E-state index contributed by atoms with van der Waals surface area (Å²) < 4.78 is 11.4. The summed E-state index contributed by atoms with van der Waals surface area (Å²) in [5.74, 6) is 8.03. The minimum Gasteiger partial charge on any atom is -0.488 e. The molecule has 0 unspecified atom stereocenters. The van der Waals surface area contributed by atoms with Gasteiger partial charge in [-0.25, -0.2) is 4.98 Å². The molecule has 0 atom stereocenters. The Morgan fingerprint density at radius 1 is 1.26 bits per heavy atom. The van der Waals surface area contributed by atoms with Crippen molar-refractivity contribution in [3.05, 3.63) is 70.9 Å². The molecular weight excluding hydrogens is 404 g/mol. The summed E-state index contributed by atoms with van der Waals surface area (Å²) in [6, 6.07) is 10.4. The van der Waals surface area contributed by atoms with Gasteiger partial charge in [-0.1, -0.05) is 37.0 Å². The fraction of sp³-hybridized carbons (Fsp3) is 0.346. The Kier molecular flexibility index (Phi) is 8.11. The molecule has 162 valence electrons. The average Bonchev–Trinajstić information content (AvgIpc) is 3.42. The Morgan fingerprint density at radius 3 is 2.87 bits per heavy atom. The van der Waals surface area contributed by atoms with Crippen LogP contribution in [0.2, 0.25) is 0 Å². The van der Waals surface area contributed by atoms with E-state index < -0.39 is 0 Å². The summed E-state index contributed by atoms with van der Waals surface area (Å²) >= 11 is 1.66. The molecule has 0 aliphatic heterocycles. The first-order valence-electron chi connectivity index (χ1n) is 10.5. The van der Waals surface area contributed by atoms with Crippen molar-refractivity contribution < 1.29 is 9.15 Å². The number of hydrogen-bond acceptors (Lipinski definition) is 5. The zero-order valence-corrected chi connectivity index (χ0v) is 19.5. The highest BCUT2D eigenvalue weighted by Crippen LogP contribution is 2.26. The van der Waals surface area contributed by atoms with Crippen molar-refractivity contribution in [3.63, 3.8) is 0 Å². The summed E-state index contributed by atoms with van der Waals surface area (Å²) in [5.41, 5.74) is 2.31. The fourth-order valence-electron chi connectivity index (χ4n) is 2.91. The van der Waals surface area contributed by atoms with Crippen LogP contribution in [0.15, 0.2) is 64.9 Å². The molecule has 0 saturated heterocycles. The van der Waals surface area contributed by atoms with Gasteiger partial charge in [0.05, 0.1) is 6.20 Å². The van der Waals surface area contributed by atoms with E-state index in [0.717, 1.165) is 41.6 Å². The molecular formula is C26H30N2O2S. The quantitative estimate of drug-likeness (QED) is 0.365. The van der Waals surface area contributed by atoms with Gasteiger partial charge in [0.1, 0.15) is 12.4 Å². The Labute approximate surface area is 189 Å². The highest BCUT2D eigenvalue weighted by Gasteiger charge is 2.07. The highest BCUT2D eigenvalue weighted by atomic mass is 32.1. The smallest absolute Gasteiger partial charge is 0.181 e. The van der Waals surface area contributed by atoms with E-state index in [0.29, 0.717) is 6.61 Å². The molecule has 0 saturated carbocycles.